The van der Waals surface area contributed by atoms with E-state index in [2.05, 4.69) is 10.5 Å². The summed E-state index contributed by atoms with van der Waals surface area (Å²) >= 11 is 0. The van der Waals surface area contributed by atoms with E-state index in [4.69, 9.17) is 28.2 Å². The number of methoxy groups -OCH3 is 5. The number of rotatable bonds is 8. The van der Waals surface area contributed by atoms with Crippen LogP contribution in [0.15, 0.2) is 40.9 Å². The number of hydrogen-bond acceptors (Lipinski definition) is 8. The van der Waals surface area contributed by atoms with Gasteiger partial charge in [0.2, 0.25) is 11.5 Å². The van der Waals surface area contributed by atoms with E-state index in [-0.39, 0.29) is 5.76 Å². The van der Waals surface area contributed by atoms with Gasteiger partial charge < -0.3 is 33.5 Å². The molecule has 0 aliphatic heterocycles. The highest BCUT2D eigenvalue weighted by atomic mass is 16.5. The third kappa shape index (κ3) is 4.09. The number of carbonyl (C=O) groups is 1. The molecular weight excluding hydrogens is 392 g/mol. The third-order valence-corrected chi connectivity index (χ3v) is 4.34. The molecule has 1 heterocycles. The van der Waals surface area contributed by atoms with E-state index in [0.717, 1.165) is 0 Å². The minimum Gasteiger partial charge on any atom is -0.493 e. The highest BCUT2D eigenvalue weighted by molar-refractivity contribution is 6.03. The molecule has 30 heavy (non-hydrogen) atoms. The molecule has 0 unspecified atom stereocenters. The fraction of sp³-hybridized carbons (Fsp3) is 0.238. The van der Waals surface area contributed by atoms with Crippen molar-refractivity contribution in [2.45, 2.75) is 0 Å². The van der Waals surface area contributed by atoms with Gasteiger partial charge in [0.15, 0.2) is 23.0 Å². The minimum atomic E-state index is -0.483. The largest absolute Gasteiger partial charge is 0.493 e. The zero-order valence-corrected chi connectivity index (χ0v) is 17.3. The molecule has 0 spiro atoms. The van der Waals surface area contributed by atoms with Crippen LogP contribution in [0.5, 0.6) is 28.7 Å². The van der Waals surface area contributed by atoms with Crippen molar-refractivity contribution in [2.75, 3.05) is 40.9 Å². The van der Waals surface area contributed by atoms with Gasteiger partial charge in [0.05, 0.1) is 35.5 Å². The van der Waals surface area contributed by atoms with E-state index in [9.17, 15) is 4.79 Å². The first-order valence-electron chi connectivity index (χ1n) is 8.85. The molecule has 0 radical (unpaired) electrons. The summed E-state index contributed by atoms with van der Waals surface area (Å²) < 4.78 is 31.6. The van der Waals surface area contributed by atoms with Crippen LogP contribution in [0.2, 0.25) is 0 Å². The molecule has 0 bridgehead atoms. The predicted molar refractivity (Wildman–Crippen MR) is 109 cm³/mol. The van der Waals surface area contributed by atoms with E-state index < -0.39 is 5.91 Å². The monoisotopic (exact) mass is 414 g/mol. The summed E-state index contributed by atoms with van der Waals surface area (Å²) in [5.74, 6) is 1.93. The van der Waals surface area contributed by atoms with Crippen LogP contribution in [0, 0.1) is 0 Å². The van der Waals surface area contributed by atoms with Crippen molar-refractivity contribution < 1.29 is 33.0 Å². The zero-order valence-electron chi connectivity index (χ0n) is 17.3. The molecule has 0 atom stereocenters. The summed E-state index contributed by atoms with van der Waals surface area (Å²) in [5, 5.41) is 6.70. The molecule has 1 amide bonds. The number of benzene rings is 2. The van der Waals surface area contributed by atoms with E-state index in [1.165, 1.54) is 27.4 Å². The average Bonchev–Trinajstić information content (AvgIpc) is 3.28. The molecule has 0 saturated carbocycles. The van der Waals surface area contributed by atoms with Gasteiger partial charge in [-0.25, -0.2) is 0 Å². The Morgan fingerprint density at radius 3 is 2.00 bits per heavy atom. The smallest absolute Gasteiger partial charge is 0.294 e. The number of anilines is 1. The molecule has 0 aliphatic carbocycles. The molecule has 9 nitrogen and oxygen atoms in total. The van der Waals surface area contributed by atoms with Crippen molar-refractivity contribution in [1.82, 2.24) is 5.16 Å². The van der Waals surface area contributed by atoms with E-state index in [0.29, 0.717) is 45.7 Å². The Kier molecular flexibility index (Phi) is 6.31. The second-order valence-electron chi connectivity index (χ2n) is 6.01. The van der Waals surface area contributed by atoms with Crippen LogP contribution < -0.4 is 29.0 Å². The predicted octanol–water partition coefficient (Wildman–Crippen LogP) is 3.64. The Hall–Kier alpha value is -3.88. The maximum atomic E-state index is 12.6. The summed E-state index contributed by atoms with van der Waals surface area (Å²) in [6.07, 6.45) is 0. The molecule has 2 aromatic carbocycles. The fourth-order valence-electron chi connectivity index (χ4n) is 2.86. The number of hydrogen-bond donors (Lipinski definition) is 1. The van der Waals surface area contributed by atoms with Crippen LogP contribution >= 0.6 is 0 Å². The van der Waals surface area contributed by atoms with Gasteiger partial charge in [-0.3, -0.25) is 4.79 Å². The third-order valence-electron chi connectivity index (χ3n) is 4.34. The van der Waals surface area contributed by atoms with Crippen molar-refractivity contribution in [3.05, 3.63) is 42.2 Å². The maximum absolute atomic E-state index is 12.6. The summed E-state index contributed by atoms with van der Waals surface area (Å²) in [6.45, 7) is 0. The van der Waals surface area contributed by atoms with Crippen molar-refractivity contribution in [1.29, 1.82) is 0 Å². The van der Waals surface area contributed by atoms with Gasteiger partial charge in [-0.15, -0.1) is 0 Å². The number of aromatic nitrogens is 1. The number of ether oxygens (including phenoxy) is 5. The summed E-state index contributed by atoms with van der Waals surface area (Å²) in [4.78, 5) is 12.6. The topological polar surface area (TPSA) is 101 Å². The summed E-state index contributed by atoms with van der Waals surface area (Å²) in [7, 11) is 7.59. The van der Waals surface area contributed by atoms with Crippen LogP contribution in [-0.4, -0.2) is 46.6 Å². The molecule has 1 aromatic heterocycles. The molecule has 0 fully saturated rings. The van der Waals surface area contributed by atoms with Crippen molar-refractivity contribution in [2.24, 2.45) is 0 Å². The van der Waals surface area contributed by atoms with Gasteiger partial charge >= 0.3 is 0 Å². The van der Waals surface area contributed by atoms with Gasteiger partial charge in [0.25, 0.3) is 5.91 Å². The van der Waals surface area contributed by atoms with Crippen LogP contribution in [0.3, 0.4) is 0 Å². The average molecular weight is 414 g/mol. The second kappa shape index (κ2) is 9.08. The molecular formula is C21H22N2O7. The van der Waals surface area contributed by atoms with Gasteiger partial charge in [-0.2, -0.15) is 0 Å². The number of nitrogens with zero attached hydrogens (tertiary/aromatic N) is 1. The Labute approximate surface area is 173 Å². The molecule has 3 rings (SSSR count). The molecule has 0 aliphatic rings. The van der Waals surface area contributed by atoms with Gasteiger partial charge in [-0.1, -0.05) is 5.16 Å². The minimum absolute atomic E-state index is 0.0357. The SMILES string of the molecule is COc1ccc(-c2cc(C(=O)Nc3cc(OC)c(OC)c(OC)c3)on2)cc1OC. The van der Waals surface area contributed by atoms with Gasteiger partial charge in [0.1, 0.15) is 5.69 Å². The maximum Gasteiger partial charge on any atom is 0.294 e. The summed E-state index contributed by atoms with van der Waals surface area (Å²) in [5.41, 5.74) is 1.63. The van der Waals surface area contributed by atoms with E-state index in [1.807, 2.05) is 0 Å². The standard InChI is InChI=1S/C21H22N2O7/c1-25-15-7-6-12(8-16(15)26-2)14-11-19(30-23-14)21(24)22-13-9-17(27-3)20(29-5)18(10-13)28-4/h6-11H,1-5H3,(H,22,24). The highest BCUT2D eigenvalue weighted by Gasteiger charge is 2.18. The van der Waals surface area contributed by atoms with Crippen LogP contribution in [0.25, 0.3) is 11.3 Å². The van der Waals surface area contributed by atoms with Crippen LogP contribution in [-0.2, 0) is 0 Å². The van der Waals surface area contributed by atoms with Gasteiger partial charge in [-0.05, 0) is 18.2 Å². The molecule has 158 valence electrons. The highest BCUT2D eigenvalue weighted by Crippen LogP contribution is 2.40. The lowest BCUT2D eigenvalue weighted by Gasteiger charge is -2.14. The Morgan fingerprint density at radius 1 is 0.800 bits per heavy atom. The number of nitrogens with one attached hydrogen (secondary N) is 1. The van der Waals surface area contributed by atoms with E-state index >= 15 is 0 Å². The summed E-state index contributed by atoms with van der Waals surface area (Å²) in [6, 6.07) is 10.1. The van der Waals surface area contributed by atoms with E-state index in [1.54, 1.807) is 44.6 Å². The van der Waals surface area contributed by atoms with Gasteiger partial charge in [0, 0.05) is 29.4 Å². The normalized spacial score (nSPS) is 10.3. The first kappa shape index (κ1) is 20.8. The first-order valence-corrected chi connectivity index (χ1v) is 8.85. The fourth-order valence-corrected chi connectivity index (χ4v) is 2.86. The Balaban J connectivity index is 1.84. The van der Waals surface area contributed by atoms with Crippen molar-refractivity contribution in [3.8, 4) is 40.0 Å². The second-order valence-corrected chi connectivity index (χ2v) is 6.01. The lowest BCUT2D eigenvalue weighted by atomic mass is 10.1. The molecule has 1 N–H and O–H groups in total. The lowest BCUT2D eigenvalue weighted by molar-refractivity contribution is 0.0988. The Bertz CT molecular complexity index is 1020. The Morgan fingerprint density at radius 2 is 1.43 bits per heavy atom. The molecule has 0 saturated heterocycles. The lowest BCUT2D eigenvalue weighted by Crippen LogP contribution is -2.11. The van der Waals surface area contributed by atoms with Crippen molar-refractivity contribution >= 4 is 11.6 Å². The van der Waals surface area contributed by atoms with Crippen LogP contribution in [0.4, 0.5) is 5.69 Å². The van der Waals surface area contributed by atoms with Crippen LogP contribution in [0.1, 0.15) is 10.6 Å². The molecule has 9 heteroatoms. The van der Waals surface area contributed by atoms with Crippen molar-refractivity contribution in [3.63, 3.8) is 0 Å². The zero-order chi connectivity index (χ0) is 21.7. The first-order chi connectivity index (χ1) is 14.5. The quantitative estimate of drug-likeness (QED) is 0.596. The molecule has 3 aromatic rings. The number of carbonyl (C=O) groups excluding carboxylic acids is 1. The number of amides is 1.